The number of nitrogens with zero attached hydrogens (tertiary/aromatic N) is 2. The van der Waals surface area contributed by atoms with Gasteiger partial charge in [-0.2, -0.15) is 0 Å². The van der Waals surface area contributed by atoms with Crippen LogP contribution >= 0.6 is 0 Å². The molecule has 2 aromatic rings. The molecular weight excluding hydrogens is 317 g/mol. The molecule has 1 aliphatic heterocycles. The lowest BCUT2D eigenvalue weighted by molar-refractivity contribution is 0.0691. The first-order chi connectivity index (χ1) is 12.1. The molecule has 0 atom stereocenters. The molecule has 1 N–H and O–H groups in total. The van der Waals surface area contributed by atoms with Gasteiger partial charge in [-0.05, 0) is 48.9 Å². The Hall–Kier alpha value is -2.43. The Morgan fingerprint density at radius 2 is 2.04 bits per heavy atom. The third-order valence-corrected chi connectivity index (χ3v) is 4.73. The van der Waals surface area contributed by atoms with E-state index in [9.17, 15) is 9.18 Å². The molecule has 1 amide bonds. The summed E-state index contributed by atoms with van der Waals surface area (Å²) in [5.41, 5.74) is 1.98. The number of likely N-dealkylation sites (tertiary alicyclic amines) is 1. The van der Waals surface area contributed by atoms with Gasteiger partial charge in [-0.3, -0.25) is 9.78 Å². The van der Waals surface area contributed by atoms with E-state index in [1.165, 1.54) is 6.07 Å². The molecule has 1 aromatic heterocycles. The molecule has 5 heteroatoms. The standard InChI is InChI=1S/C20H24FN3O/c1-15-8-12-24(13-9-15)20(25)19-14-17(7-11-23-19)22-10-6-16-4-2-3-5-18(16)21/h2-5,7,11,14-15H,6,8-10,12-13H2,1H3,(H,22,23). The predicted octanol–water partition coefficient (Wildman–Crippen LogP) is 3.75. The molecule has 1 aromatic carbocycles. The minimum Gasteiger partial charge on any atom is -0.385 e. The van der Waals surface area contributed by atoms with Crippen LogP contribution in [-0.4, -0.2) is 35.4 Å². The highest BCUT2D eigenvalue weighted by Crippen LogP contribution is 2.18. The molecule has 1 saturated heterocycles. The minimum absolute atomic E-state index is 0.00958. The Morgan fingerprint density at radius 3 is 2.80 bits per heavy atom. The largest absolute Gasteiger partial charge is 0.385 e. The van der Waals surface area contributed by atoms with Gasteiger partial charge in [0.1, 0.15) is 11.5 Å². The van der Waals surface area contributed by atoms with E-state index in [1.54, 1.807) is 24.4 Å². The van der Waals surface area contributed by atoms with Gasteiger partial charge >= 0.3 is 0 Å². The number of aromatic nitrogens is 1. The first kappa shape index (κ1) is 17.4. The van der Waals surface area contributed by atoms with Crippen LogP contribution in [0.1, 0.15) is 35.8 Å². The number of hydrogen-bond donors (Lipinski definition) is 1. The average Bonchev–Trinajstić information content (AvgIpc) is 2.64. The summed E-state index contributed by atoms with van der Waals surface area (Å²) < 4.78 is 13.6. The maximum absolute atomic E-state index is 13.6. The van der Waals surface area contributed by atoms with Crippen molar-refractivity contribution in [2.75, 3.05) is 25.0 Å². The topological polar surface area (TPSA) is 45.2 Å². The maximum atomic E-state index is 13.6. The Morgan fingerprint density at radius 1 is 1.28 bits per heavy atom. The van der Waals surface area contributed by atoms with Crippen LogP contribution in [0.15, 0.2) is 42.6 Å². The molecule has 0 saturated carbocycles. The van der Waals surface area contributed by atoms with E-state index in [0.717, 1.165) is 31.6 Å². The highest BCUT2D eigenvalue weighted by atomic mass is 19.1. The summed E-state index contributed by atoms with van der Waals surface area (Å²) in [6.07, 6.45) is 4.33. The summed E-state index contributed by atoms with van der Waals surface area (Å²) in [5, 5.41) is 3.25. The summed E-state index contributed by atoms with van der Waals surface area (Å²) >= 11 is 0. The molecule has 0 bridgehead atoms. The second-order valence-electron chi connectivity index (χ2n) is 6.67. The molecule has 1 aliphatic rings. The zero-order chi connectivity index (χ0) is 17.6. The maximum Gasteiger partial charge on any atom is 0.272 e. The fraction of sp³-hybridized carbons (Fsp3) is 0.400. The number of halogens is 1. The highest BCUT2D eigenvalue weighted by molar-refractivity contribution is 5.93. The van der Waals surface area contributed by atoms with Crippen molar-refractivity contribution in [2.45, 2.75) is 26.2 Å². The summed E-state index contributed by atoms with van der Waals surface area (Å²) in [5.74, 6) is 0.488. The number of benzene rings is 1. The number of piperidine rings is 1. The molecule has 0 unspecified atom stereocenters. The van der Waals surface area contributed by atoms with E-state index in [-0.39, 0.29) is 11.7 Å². The van der Waals surface area contributed by atoms with E-state index >= 15 is 0 Å². The van der Waals surface area contributed by atoms with Gasteiger partial charge in [-0.1, -0.05) is 25.1 Å². The molecule has 2 heterocycles. The average molecular weight is 341 g/mol. The van der Waals surface area contributed by atoms with Crippen molar-refractivity contribution in [2.24, 2.45) is 5.92 Å². The van der Waals surface area contributed by atoms with Gasteiger partial charge in [0.2, 0.25) is 0 Å². The SMILES string of the molecule is CC1CCN(C(=O)c2cc(NCCc3ccccc3F)ccn2)CC1. The fourth-order valence-corrected chi connectivity index (χ4v) is 3.07. The van der Waals surface area contributed by atoms with Gasteiger partial charge in [-0.15, -0.1) is 0 Å². The number of amides is 1. The highest BCUT2D eigenvalue weighted by Gasteiger charge is 2.22. The van der Waals surface area contributed by atoms with E-state index < -0.39 is 0 Å². The van der Waals surface area contributed by atoms with Gasteiger partial charge < -0.3 is 10.2 Å². The molecule has 3 rings (SSSR count). The van der Waals surface area contributed by atoms with E-state index in [4.69, 9.17) is 0 Å². The normalized spacial score (nSPS) is 15.2. The molecule has 132 valence electrons. The zero-order valence-corrected chi connectivity index (χ0v) is 14.5. The van der Waals surface area contributed by atoms with E-state index in [2.05, 4.69) is 17.2 Å². The lowest BCUT2D eigenvalue weighted by Gasteiger charge is -2.30. The van der Waals surface area contributed by atoms with Crippen LogP contribution in [-0.2, 0) is 6.42 Å². The summed E-state index contributed by atoms with van der Waals surface area (Å²) in [6.45, 7) is 4.42. The van der Waals surface area contributed by atoms with Gasteiger partial charge in [0, 0.05) is 31.5 Å². The number of carbonyl (C=O) groups is 1. The van der Waals surface area contributed by atoms with Crippen LogP contribution in [0.2, 0.25) is 0 Å². The number of anilines is 1. The van der Waals surface area contributed by atoms with Gasteiger partial charge in [0.15, 0.2) is 0 Å². The number of hydrogen-bond acceptors (Lipinski definition) is 3. The second kappa shape index (κ2) is 8.10. The Kier molecular flexibility index (Phi) is 5.64. The number of carbonyl (C=O) groups excluding carboxylic acids is 1. The van der Waals surface area contributed by atoms with Crippen molar-refractivity contribution in [3.8, 4) is 0 Å². The van der Waals surface area contributed by atoms with Crippen LogP contribution in [0.3, 0.4) is 0 Å². The quantitative estimate of drug-likeness (QED) is 0.901. The number of pyridine rings is 1. The van der Waals surface area contributed by atoms with Crippen LogP contribution in [0.4, 0.5) is 10.1 Å². The Bertz CT molecular complexity index is 726. The van der Waals surface area contributed by atoms with Crippen molar-refractivity contribution < 1.29 is 9.18 Å². The van der Waals surface area contributed by atoms with Crippen molar-refractivity contribution in [1.29, 1.82) is 0 Å². The second-order valence-corrected chi connectivity index (χ2v) is 6.67. The lowest BCUT2D eigenvalue weighted by Crippen LogP contribution is -2.38. The first-order valence-corrected chi connectivity index (χ1v) is 8.86. The summed E-state index contributed by atoms with van der Waals surface area (Å²) in [4.78, 5) is 18.7. The summed E-state index contributed by atoms with van der Waals surface area (Å²) in [7, 11) is 0. The van der Waals surface area contributed by atoms with Gasteiger partial charge in [0.25, 0.3) is 5.91 Å². The molecule has 4 nitrogen and oxygen atoms in total. The minimum atomic E-state index is -0.186. The van der Waals surface area contributed by atoms with Crippen LogP contribution in [0.25, 0.3) is 0 Å². The lowest BCUT2D eigenvalue weighted by atomic mass is 9.99. The Labute approximate surface area is 148 Å². The number of nitrogens with one attached hydrogen (secondary N) is 1. The van der Waals surface area contributed by atoms with E-state index in [0.29, 0.717) is 30.1 Å². The molecule has 25 heavy (non-hydrogen) atoms. The third kappa shape index (κ3) is 4.56. The molecule has 1 fully saturated rings. The zero-order valence-electron chi connectivity index (χ0n) is 14.5. The number of rotatable bonds is 5. The van der Waals surface area contributed by atoms with Gasteiger partial charge in [0.05, 0.1) is 0 Å². The van der Waals surface area contributed by atoms with Crippen LogP contribution in [0.5, 0.6) is 0 Å². The third-order valence-electron chi connectivity index (χ3n) is 4.73. The first-order valence-electron chi connectivity index (χ1n) is 8.86. The van der Waals surface area contributed by atoms with E-state index in [1.807, 2.05) is 17.0 Å². The van der Waals surface area contributed by atoms with Crippen molar-refractivity contribution in [3.05, 3.63) is 59.7 Å². The van der Waals surface area contributed by atoms with Gasteiger partial charge in [-0.25, -0.2) is 4.39 Å². The Balaban J connectivity index is 1.58. The van der Waals surface area contributed by atoms with Crippen LogP contribution in [0, 0.1) is 11.7 Å². The summed E-state index contributed by atoms with van der Waals surface area (Å²) in [6, 6.07) is 10.4. The molecule has 0 aliphatic carbocycles. The van der Waals surface area contributed by atoms with Crippen molar-refractivity contribution in [1.82, 2.24) is 9.88 Å². The monoisotopic (exact) mass is 341 g/mol. The fourth-order valence-electron chi connectivity index (χ4n) is 3.07. The molecule has 0 spiro atoms. The van der Waals surface area contributed by atoms with Crippen LogP contribution < -0.4 is 5.32 Å². The van der Waals surface area contributed by atoms with Crippen molar-refractivity contribution in [3.63, 3.8) is 0 Å². The molecular formula is C20H24FN3O. The van der Waals surface area contributed by atoms with Crippen molar-refractivity contribution >= 4 is 11.6 Å². The predicted molar refractivity (Wildman–Crippen MR) is 97.1 cm³/mol. The molecule has 0 radical (unpaired) electrons. The smallest absolute Gasteiger partial charge is 0.272 e.